The van der Waals surface area contributed by atoms with E-state index in [-0.39, 0.29) is 0 Å². The molecular formula is C14H12BrNO2. The molecule has 0 aliphatic heterocycles. The standard InChI is InChI=1S/C14H12BrNO2/c1-10-5-12(8-17)14(6-13(10)15)18-9-11-3-2-4-16-7-11/h2-8H,9H2,1H3. The van der Waals surface area contributed by atoms with Crippen LogP contribution in [-0.4, -0.2) is 11.3 Å². The van der Waals surface area contributed by atoms with Crippen molar-refractivity contribution in [2.45, 2.75) is 13.5 Å². The highest BCUT2D eigenvalue weighted by atomic mass is 79.9. The zero-order valence-electron chi connectivity index (χ0n) is 9.89. The van der Waals surface area contributed by atoms with Crippen molar-refractivity contribution in [3.05, 3.63) is 57.8 Å². The molecule has 0 N–H and O–H groups in total. The summed E-state index contributed by atoms with van der Waals surface area (Å²) >= 11 is 3.43. The molecule has 1 aromatic carbocycles. The minimum Gasteiger partial charge on any atom is -0.488 e. The van der Waals surface area contributed by atoms with E-state index in [1.807, 2.05) is 25.1 Å². The van der Waals surface area contributed by atoms with Crippen LogP contribution in [0.2, 0.25) is 0 Å². The summed E-state index contributed by atoms with van der Waals surface area (Å²) in [6, 6.07) is 7.40. The Morgan fingerprint density at radius 3 is 2.94 bits per heavy atom. The Morgan fingerprint density at radius 2 is 2.28 bits per heavy atom. The quantitative estimate of drug-likeness (QED) is 0.811. The van der Waals surface area contributed by atoms with Crippen LogP contribution in [-0.2, 0) is 6.61 Å². The first kappa shape index (κ1) is 12.8. The first-order chi connectivity index (χ1) is 8.70. The van der Waals surface area contributed by atoms with Crippen LogP contribution in [0.3, 0.4) is 0 Å². The first-order valence-corrected chi connectivity index (χ1v) is 6.27. The number of ether oxygens (including phenoxy) is 1. The summed E-state index contributed by atoms with van der Waals surface area (Å²) in [6.07, 6.45) is 4.25. The lowest BCUT2D eigenvalue weighted by Gasteiger charge is -2.10. The molecule has 0 atom stereocenters. The molecule has 0 amide bonds. The minimum absolute atomic E-state index is 0.393. The van der Waals surface area contributed by atoms with Gasteiger partial charge < -0.3 is 4.74 Å². The van der Waals surface area contributed by atoms with Gasteiger partial charge in [-0.15, -0.1) is 0 Å². The smallest absolute Gasteiger partial charge is 0.153 e. The number of nitrogens with zero attached hydrogens (tertiary/aromatic N) is 1. The number of benzene rings is 1. The Hall–Kier alpha value is -1.68. The van der Waals surface area contributed by atoms with Gasteiger partial charge in [0.15, 0.2) is 6.29 Å². The van der Waals surface area contributed by atoms with E-state index < -0.39 is 0 Å². The van der Waals surface area contributed by atoms with Crippen molar-refractivity contribution in [2.75, 3.05) is 0 Å². The maximum Gasteiger partial charge on any atom is 0.153 e. The molecule has 0 aliphatic rings. The molecule has 92 valence electrons. The molecule has 0 saturated carbocycles. The second-order valence-corrected chi connectivity index (χ2v) is 4.76. The lowest BCUT2D eigenvalue weighted by Crippen LogP contribution is -1.99. The van der Waals surface area contributed by atoms with E-state index >= 15 is 0 Å². The summed E-state index contributed by atoms with van der Waals surface area (Å²) in [5.74, 6) is 0.575. The van der Waals surface area contributed by atoms with Gasteiger partial charge in [0.1, 0.15) is 12.4 Å². The number of pyridine rings is 1. The van der Waals surface area contributed by atoms with Crippen molar-refractivity contribution in [3.8, 4) is 5.75 Å². The Morgan fingerprint density at radius 1 is 1.44 bits per heavy atom. The van der Waals surface area contributed by atoms with E-state index in [9.17, 15) is 4.79 Å². The summed E-state index contributed by atoms with van der Waals surface area (Å²) in [6.45, 7) is 2.33. The molecule has 0 spiro atoms. The fourth-order valence-corrected chi connectivity index (χ4v) is 1.87. The maximum absolute atomic E-state index is 11.0. The second-order valence-electron chi connectivity index (χ2n) is 3.91. The molecular weight excluding hydrogens is 294 g/mol. The van der Waals surface area contributed by atoms with E-state index in [2.05, 4.69) is 20.9 Å². The number of hydrogen-bond donors (Lipinski definition) is 0. The van der Waals surface area contributed by atoms with Gasteiger partial charge in [-0.2, -0.15) is 0 Å². The van der Waals surface area contributed by atoms with Crippen molar-refractivity contribution in [1.29, 1.82) is 0 Å². The third-order valence-corrected chi connectivity index (χ3v) is 3.39. The van der Waals surface area contributed by atoms with Crippen LogP contribution < -0.4 is 4.74 Å². The Bertz CT molecular complexity index is 555. The lowest BCUT2D eigenvalue weighted by molar-refractivity contribution is 0.111. The average molecular weight is 306 g/mol. The highest BCUT2D eigenvalue weighted by molar-refractivity contribution is 9.10. The normalized spacial score (nSPS) is 10.1. The number of aryl methyl sites for hydroxylation is 1. The molecule has 1 heterocycles. The third kappa shape index (κ3) is 2.96. The molecule has 3 nitrogen and oxygen atoms in total. The van der Waals surface area contributed by atoms with Gasteiger partial charge in [0.05, 0.1) is 5.56 Å². The number of aldehydes is 1. The summed E-state index contributed by atoms with van der Waals surface area (Å²) in [4.78, 5) is 15.0. The summed E-state index contributed by atoms with van der Waals surface area (Å²) in [7, 11) is 0. The Labute approximate surface area is 114 Å². The van der Waals surface area contributed by atoms with Crippen LogP contribution in [0.5, 0.6) is 5.75 Å². The van der Waals surface area contributed by atoms with Crippen LogP contribution in [0.15, 0.2) is 41.1 Å². The third-order valence-electron chi connectivity index (χ3n) is 2.54. The molecule has 2 aromatic rings. The zero-order valence-corrected chi connectivity index (χ0v) is 11.5. The lowest BCUT2D eigenvalue weighted by atomic mass is 10.1. The van der Waals surface area contributed by atoms with Crippen molar-refractivity contribution in [3.63, 3.8) is 0 Å². The van der Waals surface area contributed by atoms with Gasteiger partial charge in [-0.3, -0.25) is 9.78 Å². The van der Waals surface area contributed by atoms with Crippen molar-refractivity contribution in [1.82, 2.24) is 4.98 Å². The molecule has 0 radical (unpaired) electrons. The van der Waals surface area contributed by atoms with E-state index in [4.69, 9.17) is 4.74 Å². The number of halogens is 1. The minimum atomic E-state index is 0.393. The second kappa shape index (κ2) is 5.78. The number of hydrogen-bond acceptors (Lipinski definition) is 3. The molecule has 2 rings (SSSR count). The van der Waals surface area contributed by atoms with Crippen LogP contribution in [0, 0.1) is 6.92 Å². The fraction of sp³-hybridized carbons (Fsp3) is 0.143. The highest BCUT2D eigenvalue weighted by Crippen LogP contribution is 2.26. The molecule has 0 fully saturated rings. The summed E-state index contributed by atoms with van der Waals surface area (Å²) in [5, 5.41) is 0. The monoisotopic (exact) mass is 305 g/mol. The predicted molar refractivity (Wildman–Crippen MR) is 72.8 cm³/mol. The van der Waals surface area contributed by atoms with Gasteiger partial charge in [0.25, 0.3) is 0 Å². The molecule has 0 bridgehead atoms. The van der Waals surface area contributed by atoms with E-state index in [1.54, 1.807) is 18.5 Å². The van der Waals surface area contributed by atoms with Gasteiger partial charge >= 0.3 is 0 Å². The van der Waals surface area contributed by atoms with Crippen molar-refractivity contribution >= 4 is 22.2 Å². The van der Waals surface area contributed by atoms with E-state index in [1.165, 1.54) is 0 Å². The zero-order chi connectivity index (χ0) is 13.0. The van der Waals surface area contributed by atoms with Crippen LogP contribution in [0.25, 0.3) is 0 Å². The SMILES string of the molecule is Cc1cc(C=O)c(OCc2cccnc2)cc1Br. The fourth-order valence-electron chi connectivity index (χ4n) is 1.55. The van der Waals surface area contributed by atoms with Gasteiger partial charge in [0, 0.05) is 22.4 Å². The Balaban J connectivity index is 2.19. The number of aromatic nitrogens is 1. The number of carbonyl (C=O) groups excluding carboxylic acids is 1. The van der Waals surface area contributed by atoms with Crippen LogP contribution in [0.4, 0.5) is 0 Å². The summed E-state index contributed by atoms with van der Waals surface area (Å²) < 4.78 is 6.57. The largest absolute Gasteiger partial charge is 0.488 e. The van der Waals surface area contributed by atoms with Crippen LogP contribution in [0.1, 0.15) is 21.5 Å². The van der Waals surface area contributed by atoms with Gasteiger partial charge in [-0.1, -0.05) is 22.0 Å². The van der Waals surface area contributed by atoms with Crippen molar-refractivity contribution < 1.29 is 9.53 Å². The average Bonchev–Trinajstić information content (AvgIpc) is 2.41. The molecule has 4 heteroatoms. The molecule has 0 aliphatic carbocycles. The summed E-state index contributed by atoms with van der Waals surface area (Å²) in [5.41, 5.74) is 2.52. The molecule has 0 unspecified atom stereocenters. The highest BCUT2D eigenvalue weighted by Gasteiger charge is 2.07. The Kier molecular flexibility index (Phi) is 4.10. The van der Waals surface area contributed by atoms with Gasteiger partial charge in [-0.05, 0) is 30.7 Å². The van der Waals surface area contributed by atoms with E-state index in [0.717, 1.165) is 21.9 Å². The molecule has 0 saturated heterocycles. The number of rotatable bonds is 4. The molecule has 1 aromatic heterocycles. The number of carbonyl (C=O) groups is 1. The van der Waals surface area contributed by atoms with Gasteiger partial charge in [0.2, 0.25) is 0 Å². The van der Waals surface area contributed by atoms with Gasteiger partial charge in [-0.25, -0.2) is 0 Å². The predicted octanol–water partition coefficient (Wildman–Crippen LogP) is 3.54. The van der Waals surface area contributed by atoms with Crippen molar-refractivity contribution in [2.24, 2.45) is 0 Å². The topological polar surface area (TPSA) is 39.2 Å². The first-order valence-electron chi connectivity index (χ1n) is 5.47. The van der Waals surface area contributed by atoms with E-state index in [0.29, 0.717) is 17.9 Å². The maximum atomic E-state index is 11.0. The van der Waals surface area contributed by atoms with Crippen LogP contribution >= 0.6 is 15.9 Å². The molecule has 18 heavy (non-hydrogen) atoms.